The minimum atomic E-state index is -3.85. The monoisotopic (exact) mass is 1410 g/mol. The van der Waals surface area contributed by atoms with E-state index in [1.807, 2.05) is 62.7 Å². The maximum Gasteiger partial charge on any atom is 0.350 e. The summed E-state index contributed by atoms with van der Waals surface area (Å²) in [7, 11) is -42.4. The summed E-state index contributed by atoms with van der Waals surface area (Å²) in [5.41, 5.74) is 19.8. The number of hydrogen-bond acceptors (Lipinski definition) is 11. The van der Waals surface area contributed by atoms with Gasteiger partial charge in [0.1, 0.15) is 0 Å². The minimum Gasteiger partial charge on any atom is -0.409 e. The molecule has 0 radical (unpaired) electrons. The average molecular weight is 1410 g/mol. The second kappa shape index (κ2) is 36.3. The Morgan fingerprint density at radius 3 is 0.261 bits per heavy atom. The first-order valence-corrected chi connectivity index (χ1v) is 55.6. The van der Waals surface area contributed by atoms with Gasteiger partial charge in [0.2, 0.25) is 0 Å². The Hall–Kier alpha value is -0.914. The summed E-state index contributed by atoms with van der Waals surface area (Å²) in [5.74, 6) is 0. The van der Waals surface area contributed by atoms with Crippen LogP contribution in [0.1, 0.15) is 223 Å². The predicted molar refractivity (Wildman–Crippen MR) is 404 cm³/mol. The highest BCUT2D eigenvalue weighted by Gasteiger charge is 2.68. The van der Waals surface area contributed by atoms with Crippen molar-refractivity contribution in [3.63, 3.8) is 0 Å². The summed E-state index contributed by atoms with van der Waals surface area (Å²) in [4.78, 5) is 0. The lowest BCUT2D eigenvalue weighted by Gasteiger charge is -2.55. The van der Waals surface area contributed by atoms with E-state index in [4.69, 9.17) is 118 Å². The summed E-state index contributed by atoms with van der Waals surface area (Å²) >= 11 is 0. The first kappa shape index (κ1) is 85.1. The fraction of sp³-hybridized carbons (Fsp3) is 0.667. The van der Waals surface area contributed by atoms with Gasteiger partial charge in [-0.3, -0.25) is 0 Å². The van der Waals surface area contributed by atoms with Crippen molar-refractivity contribution in [3.8, 4) is 0 Å². The van der Waals surface area contributed by atoms with Crippen LogP contribution in [0.5, 0.6) is 0 Å². The summed E-state index contributed by atoms with van der Waals surface area (Å²) in [6, 6.07) is 0. The van der Waals surface area contributed by atoms with Gasteiger partial charge >= 0.3 is 94.2 Å². The summed E-state index contributed by atoms with van der Waals surface area (Å²) in [6.07, 6.45) is 7.78. The van der Waals surface area contributed by atoms with Crippen LogP contribution in [-0.2, 0) is 45.3 Å². The first-order chi connectivity index (χ1) is 41.2. The van der Waals surface area contributed by atoms with Crippen LogP contribution in [0.25, 0.3) is 0 Å². The van der Waals surface area contributed by atoms with E-state index in [-0.39, 0.29) is 61.0 Å². The lowest BCUT2D eigenvalue weighted by atomic mass is 10.4. The largest absolute Gasteiger partial charge is 0.409 e. The number of hydrogen-bond donors (Lipinski definition) is 0. The smallest absolute Gasteiger partial charge is 0.350 e. The second-order valence-corrected chi connectivity index (χ2v) is 65.9. The molecule has 0 bridgehead atoms. The maximum atomic E-state index is 8.27. The van der Waals surface area contributed by atoms with E-state index in [9.17, 15) is 0 Å². The Balaban J connectivity index is 5.78. The minimum absolute atomic E-state index is 0.168. The quantitative estimate of drug-likeness (QED) is 0.0587. The van der Waals surface area contributed by atoms with Crippen molar-refractivity contribution in [2.45, 2.75) is 284 Å². The summed E-state index contributed by atoms with van der Waals surface area (Å²) < 4.78 is 91.0. The van der Waals surface area contributed by atoms with Crippen LogP contribution in [0.4, 0.5) is 0 Å². The molecule has 1 saturated heterocycles. The van der Waals surface area contributed by atoms with Gasteiger partial charge in [-0.15, -0.1) is 72.4 Å². The number of rotatable bonds is 33. The fourth-order valence-electron chi connectivity index (χ4n) is 11.4. The van der Waals surface area contributed by atoms with Gasteiger partial charge in [-0.25, -0.2) is 0 Å². The third-order valence-electron chi connectivity index (χ3n) is 20.9. The lowest BCUT2D eigenvalue weighted by molar-refractivity contribution is 0.214. The van der Waals surface area contributed by atoms with Crippen LogP contribution in [-0.4, -0.2) is 94.2 Å². The zero-order chi connectivity index (χ0) is 68.2. The molecule has 11 unspecified atom stereocenters. The van der Waals surface area contributed by atoms with Crippen LogP contribution in [0.3, 0.4) is 0 Å². The third-order valence-corrected chi connectivity index (χ3v) is 74.9. The average Bonchev–Trinajstić information content (AvgIpc) is 3.08. The predicted octanol–water partition coefficient (Wildman–Crippen LogP) is 21.8. The Morgan fingerprint density at radius 1 is 0.170 bits per heavy atom. The van der Waals surface area contributed by atoms with E-state index in [0.717, 1.165) is 0 Å². The van der Waals surface area contributed by atoms with Crippen LogP contribution in [0.2, 0.25) is 61.0 Å². The molecule has 0 aromatic rings. The Kier molecular flexibility index (Phi) is 35.1. The molecular formula is C66H132O11Si11. The molecule has 88 heavy (non-hydrogen) atoms. The van der Waals surface area contributed by atoms with Crippen molar-refractivity contribution in [3.05, 3.63) is 135 Å². The molecule has 22 heteroatoms. The van der Waals surface area contributed by atoms with Crippen molar-refractivity contribution in [1.29, 1.82) is 0 Å². The highest BCUT2D eigenvalue weighted by molar-refractivity contribution is 7.03. The molecule has 1 rings (SSSR count). The summed E-state index contributed by atoms with van der Waals surface area (Å²) in [5, 5.41) is 0. The molecule has 506 valence electrons. The first-order valence-electron chi connectivity index (χ1n) is 34.0. The molecule has 0 N–H and O–H groups in total. The Morgan fingerprint density at radius 2 is 0.227 bits per heavy atom. The van der Waals surface area contributed by atoms with E-state index in [2.05, 4.69) is 152 Å². The van der Waals surface area contributed by atoms with Gasteiger partial charge in [0.15, 0.2) is 0 Å². The van der Waals surface area contributed by atoms with Gasteiger partial charge in [-0.2, -0.15) is 0 Å². The molecule has 1 heterocycles. The zero-order valence-corrected chi connectivity index (χ0v) is 71.2. The van der Waals surface area contributed by atoms with Crippen LogP contribution in [0.15, 0.2) is 135 Å². The Labute approximate surface area is 554 Å². The van der Waals surface area contributed by atoms with Gasteiger partial charge in [0.25, 0.3) is 0 Å². The van der Waals surface area contributed by atoms with Gasteiger partial charge in [-0.05, 0) is 0 Å². The van der Waals surface area contributed by atoms with E-state index >= 15 is 0 Å². The van der Waals surface area contributed by atoms with E-state index in [1.54, 1.807) is 0 Å². The van der Waals surface area contributed by atoms with Crippen molar-refractivity contribution in [2.75, 3.05) is 0 Å². The molecular weight excluding hydrogens is 1280 g/mol. The van der Waals surface area contributed by atoms with Crippen molar-refractivity contribution in [1.82, 2.24) is 0 Å². The molecule has 0 spiro atoms. The molecule has 11 nitrogen and oxygen atoms in total. The topological polar surface area (TPSA) is 102 Å². The summed E-state index contributed by atoms with van der Waals surface area (Å²) in [6.45, 7) is 100. The van der Waals surface area contributed by atoms with Crippen molar-refractivity contribution in [2.24, 2.45) is 0 Å². The normalized spacial score (nSPS) is 37.2. The van der Waals surface area contributed by atoms with Gasteiger partial charge < -0.3 is 45.3 Å². The zero-order valence-electron chi connectivity index (χ0n) is 60.2. The standard InChI is InChI=1S/C66H132O11Si11/c1-34-56(23)78(45-12)67-79(46-13,57(24)35-2)69-81(48-15,59(26)37-4)71-83(50-17,61(28)39-6)73-85(52-19,63(30)41-8)75-87(54-21,65(32)43-10)77-88(55-22,66(33)44-11)76-86(53-20,64(31)42-9)74-84(51-18,62(29)40-7)72-82(49-16,60(27)38-5)70-80(47-14,68-78)58(25)36-3/h45-66H,12-22,34-44H2,1-11,23-33H3. The third kappa shape index (κ3) is 17.4. The van der Waals surface area contributed by atoms with Crippen molar-refractivity contribution >= 4 is 94.2 Å². The van der Waals surface area contributed by atoms with Gasteiger partial charge in [0, 0.05) is 61.0 Å². The molecule has 1 fully saturated rings. The SMILES string of the molecule is C=C[Si]1(C(C)CC)O[Si](C=C)(C(C)CC)O[Si](C=C)(C(C)CC)O[Si](C=C)(C(C)CC)O[Si](C=C)(C(C)CC)O[Si](C=C)(C(C)CC)O[Si](C=C)(C(C)CC)O[Si](C=C)(C(C)CC)O[Si](C=C)(C(C)CC)O[Si](C=C)(C(C)CC)O[Si](C=C)(C(C)CC)O1. The highest BCUT2D eigenvalue weighted by Crippen LogP contribution is 2.52. The Bertz CT molecular complexity index is 1730. The van der Waals surface area contributed by atoms with E-state index in [0.29, 0.717) is 70.6 Å². The molecule has 0 amide bonds. The highest BCUT2D eigenvalue weighted by atomic mass is 28.5. The molecule has 0 aromatic heterocycles. The second-order valence-electron chi connectivity index (χ2n) is 25.7. The molecule has 11 atom stereocenters. The van der Waals surface area contributed by atoms with Crippen LogP contribution in [0, 0.1) is 0 Å². The van der Waals surface area contributed by atoms with E-state index < -0.39 is 94.2 Å². The molecule has 0 saturated carbocycles. The van der Waals surface area contributed by atoms with Gasteiger partial charge in [-0.1, -0.05) is 286 Å². The van der Waals surface area contributed by atoms with Crippen LogP contribution >= 0.6 is 0 Å². The lowest BCUT2D eigenvalue weighted by Crippen LogP contribution is -2.72. The van der Waals surface area contributed by atoms with Crippen LogP contribution < -0.4 is 0 Å². The molecule has 1 aliphatic rings. The van der Waals surface area contributed by atoms with E-state index in [1.165, 1.54) is 0 Å². The van der Waals surface area contributed by atoms with Crippen molar-refractivity contribution < 1.29 is 45.3 Å². The van der Waals surface area contributed by atoms with Gasteiger partial charge in [0.05, 0.1) is 0 Å². The molecule has 1 aliphatic heterocycles. The maximum absolute atomic E-state index is 8.27. The molecule has 0 aromatic carbocycles. The fourth-order valence-corrected chi connectivity index (χ4v) is 75.1. The molecule has 0 aliphatic carbocycles.